The molecule has 6 heteroatoms. The van der Waals surface area contributed by atoms with E-state index in [4.69, 9.17) is 0 Å². The predicted molar refractivity (Wildman–Crippen MR) is 108 cm³/mol. The van der Waals surface area contributed by atoms with Crippen molar-refractivity contribution >= 4 is 21.4 Å². The number of hydrogen-bond acceptors (Lipinski definition) is 4. The zero-order chi connectivity index (χ0) is 19.4. The van der Waals surface area contributed by atoms with Crippen LogP contribution in [-0.4, -0.2) is 39.1 Å². The monoisotopic (exact) mass is 386 g/mol. The molecule has 144 valence electrons. The Morgan fingerprint density at radius 3 is 2.63 bits per heavy atom. The number of fused-ring (bicyclic) bond motifs is 1. The lowest BCUT2D eigenvalue weighted by molar-refractivity contribution is -0.130. The van der Waals surface area contributed by atoms with Crippen molar-refractivity contribution in [3.05, 3.63) is 65.2 Å². The number of nitrogens with zero attached hydrogens (tertiary/aromatic N) is 1. The van der Waals surface area contributed by atoms with Crippen LogP contribution in [0.3, 0.4) is 0 Å². The van der Waals surface area contributed by atoms with Gasteiger partial charge >= 0.3 is 0 Å². The highest BCUT2D eigenvalue weighted by Gasteiger charge is 2.26. The topological polar surface area (TPSA) is 66.5 Å². The standard InChI is InChI=1S/C21H26N2O3S/c1-23(20-13-7-10-16-8-3-5-11-18(16)20)21(24)14-22-19-12-6-4-9-17(19)15-27(2,25)26/h3-6,8-9,11-12,20,22H,7,10,13-15H2,1-2H3/t20-/m1/s1. The Morgan fingerprint density at radius 1 is 1.15 bits per heavy atom. The van der Waals surface area contributed by atoms with Crippen molar-refractivity contribution in [2.24, 2.45) is 0 Å². The fraction of sp³-hybridized carbons (Fsp3) is 0.381. The summed E-state index contributed by atoms with van der Waals surface area (Å²) in [5, 5.41) is 3.12. The van der Waals surface area contributed by atoms with E-state index >= 15 is 0 Å². The van der Waals surface area contributed by atoms with Crippen LogP contribution in [0.15, 0.2) is 48.5 Å². The Labute approximate surface area is 161 Å². The SMILES string of the molecule is CN(C(=O)CNc1ccccc1CS(C)(=O)=O)[C@@H]1CCCc2ccccc21. The molecule has 0 fully saturated rings. The van der Waals surface area contributed by atoms with Crippen molar-refractivity contribution in [1.29, 1.82) is 0 Å². The summed E-state index contributed by atoms with van der Waals surface area (Å²) in [7, 11) is -1.29. The summed E-state index contributed by atoms with van der Waals surface area (Å²) in [6.45, 7) is 0.135. The van der Waals surface area contributed by atoms with Gasteiger partial charge < -0.3 is 10.2 Å². The molecule has 1 aliphatic carbocycles. The van der Waals surface area contributed by atoms with Gasteiger partial charge in [0.1, 0.15) is 0 Å². The van der Waals surface area contributed by atoms with E-state index in [1.54, 1.807) is 12.1 Å². The van der Waals surface area contributed by atoms with E-state index in [-0.39, 0.29) is 24.2 Å². The second-order valence-corrected chi connectivity index (χ2v) is 9.33. The third-order valence-electron chi connectivity index (χ3n) is 5.06. The quantitative estimate of drug-likeness (QED) is 0.828. The summed E-state index contributed by atoms with van der Waals surface area (Å²) in [5.41, 5.74) is 3.92. The Balaban J connectivity index is 1.69. The highest BCUT2D eigenvalue weighted by molar-refractivity contribution is 7.89. The molecule has 0 heterocycles. The molecule has 27 heavy (non-hydrogen) atoms. The van der Waals surface area contributed by atoms with Crippen LogP contribution < -0.4 is 5.32 Å². The first-order valence-corrected chi connectivity index (χ1v) is 11.2. The van der Waals surface area contributed by atoms with Gasteiger partial charge in [-0.2, -0.15) is 0 Å². The van der Waals surface area contributed by atoms with Gasteiger partial charge in [-0.3, -0.25) is 4.79 Å². The lowest BCUT2D eigenvalue weighted by Crippen LogP contribution is -2.37. The van der Waals surface area contributed by atoms with Gasteiger partial charge in [0, 0.05) is 19.0 Å². The second kappa shape index (κ2) is 8.13. The summed E-state index contributed by atoms with van der Waals surface area (Å²) in [6, 6.07) is 15.6. The lowest BCUT2D eigenvalue weighted by Gasteiger charge is -2.33. The molecule has 5 nitrogen and oxygen atoms in total. The number of carbonyl (C=O) groups is 1. The molecule has 2 aromatic carbocycles. The van der Waals surface area contributed by atoms with Crippen molar-refractivity contribution in [2.45, 2.75) is 31.1 Å². The van der Waals surface area contributed by atoms with Crippen LogP contribution in [0, 0.1) is 0 Å². The summed E-state index contributed by atoms with van der Waals surface area (Å²) >= 11 is 0. The normalized spacial score (nSPS) is 16.4. The number of amides is 1. The van der Waals surface area contributed by atoms with Crippen LogP contribution in [0.4, 0.5) is 5.69 Å². The van der Waals surface area contributed by atoms with Gasteiger partial charge in [0.15, 0.2) is 9.84 Å². The minimum absolute atomic E-state index is 0.00846. The Kier molecular flexibility index (Phi) is 5.85. The van der Waals surface area contributed by atoms with Crippen LogP contribution in [-0.2, 0) is 26.8 Å². The first-order chi connectivity index (χ1) is 12.8. The zero-order valence-corrected chi connectivity index (χ0v) is 16.6. The van der Waals surface area contributed by atoms with Gasteiger partial charge in [0.2, 0.25) is 5.91 Å². The van der Waals surface area contributed by atoms with Crippen LogP contribution in [0.1, 0.15) is 35.6 Å². The molecular formula is C21H26N2O3S. The third kappa shape index (κ3) is 4.89. The maximum absolute atomic E-state index is 12.8. The van der Waals surface area contributed by atoms with E-state index < -0.39 is 9.84 Å². The summed E-state index contributed by atoms with van der Waals surface area (Å²) in [6.07, 6.45) is 4.31. The molecule has 0 saturated heterocycles. The molecule has 1 N–H and O–H groups in total. The van der Waals surface area contributed by atoms with Gasteiger partial charge in [-0.05, 0) is 42.0 Å². The van der Waals surface area contributed by atoms with Crippen molar-refractivity contribution in [2.75, 3.05) is 25.2 Å². The fourth-order valence-electron chi connectivity index (χ4n) is 3.70. The van der Waals surface area contributed by atoms with Crippen molar-refractivity contribution in [3.8, 4) is 0 Å². The highest BCUT2D eigenvalue weighted by Crippen LogP contribution is 2.33. The number of rotatable bonds is 6. The number of carbonyl (C=O) groups excluding carboxylic acids is 1. The number of aryl methyl sites for hydroxylation is 1. The summed E-state index contributed by atoms with van der Waals surface area (Å²) in [5.74, 6) is -0.0539. The van der Waals surface area contributed by atoms with Crippen molar-refractivity contribution in [3.63, 3.8) is 0 Å². The largest absolute Gasteiger partial charge is 0.376 e. The van der Waals surface area contributed by atoms with Crippen molar-refractivity contribution < 1.29 is 13.2 Å². The van der Waals surface area contributed by atoms with E-state index in [1.165, 1.54) is 17.4 Å². The number of benzene rings is 2. The second-order valence-electron chi connectivity index (χ2n) is 7.19. The van der Waals surface area contributed by atoms with E-state index in [0.29, 0.717) is 11.3 Å². The summed E-state index contributed by atoms with van der Waals surface area (Å²) in [4.78, 5) is 14.6. The highest BCUT2D eigenvalue weighted by atomic mass is 32.2. The molecule has 1 atom stereocenters. The smallest absolute Gasteiger partial charge is 0.242 e. The molecule has 0 radical (unpaired) electrons. The number of para-hydroxylation sites is 1. The molecule has 0 unspecified atom stereocenters. The first kappa shape index (κ1) is 19.4. The van der Waals surface area contributed by atoms with E-state index in [0.717, 1.165) is 19.3 Å². The minimum atomic E-state index is -3.14. The molecule has 0 spiro atoms. The van der Waals surface area contributed by atoms with Gasteiger partial charge in [-0.15, -0.1) is 0 Å². The molecule has 0 bridgehead atoms. The van der Waals surface area contributed by atoms with E-state index in [2.05, 4.69) is 17.4 Å². The maximum atomic E-state index is 12.8. The number of anilines is 1. The molecule has 2 aromatic rings. The van der Waals surface area contributed by atoms with E-state index in [1.807, 2.05) is 36.2 Å². The van der Waals surface area contributed by atoms with Gasteiger partial charge in [0.05, 0.1) is 18.3 Å². The molecular weight excluding hydrogens is 360 g/mol. The molecule has 1 aliphatic rings. The van der Waals surface area contributed by atoms with Crippen molar-refractivity contribution in [1.82, 2.24) is 4.90 Å². The predicted octanol–water partition coefficient (Wildman–Crippen LogP) is 3.18. The Morgan fingerprint density at radius 2 is 1.85 bits per heavy atom. The fourth-order valence-corrected chi connectivity index (χ4v) is 4.52. The first-order valence-electron chi connectivity index (χ1n) is 9.18. The molecule has 0 aliphatic heterocycles. The van der Waals surface area contributed by atoms with Gasteiger partial charge in [-0.1, -0.05) is 42.5 Å². The third-order valence-corrected chi connectivity index (χ3v) is 5.90. The average Bonchev–Trinajstić information content (AvgIpc) is 2.65. The number of hydrogen-bond donors (Lipinski definition) is 1. The lowest BCUT2D eigenvalue weighted by atomic mass is 9.87. The zero-order valence-electron chi connectivity index (χ0n) is 15.8. The van der Waals surface area contributed by atoms with Crippen LogP contribution in [0.2, 0.25) is 0 Å². The minimum Gasteiger partial charge on any atom is -0.376 e. The average molecular weight is 387 g/mol. The van der Waals surface area contributed by atoms with Crippen LogP contribution in [0.5, 0.6) is 0 Å². The van der Waals surface area contributed by atoms with Gasteiger partial charge in [0.25, 0.3) is 0 Å². The maximum Gasteiger partial charge on any atom is 0.242 e. The number of sulfone groups is 1. The summed E-state index contributed by atoms with van der Waals surface area (Å²) < 4.78 is 23.2. The molecule has 0 saturated carbocycles. The number of likely N-dealkylation sites (N-methyl/N-ethyl adjacent to an activating group) is 1. The molecule has 1 amide bonds. The van der Waals surface area contributed by atoms with Gasteiger partial charge in [-0.25, -0.2) is 8.42 Å². The van der Waals surface area contributed by atoms with Crippen LogP contribution >= 0.6 is 0 Å². The number of nitrogens with one attached hydrogen (secondary N) is 1. The Bertz CT molecular complexity index is 925. The van der Waals surface area contributed by atoms with E-state index in [9.17, 15) is 13.2 Å². The molecule has 0 aromatic heterocycles. The van der Waals surface area contributed by atoms with Crippen LogP contribution in [0.25, 0.3) is 0 Å². The molecule has 3 rings (SSSR count). The Hall–Kier alpha value is -2.34.